The van der Waals surface area contributed by atoms with Crippen LogP contribution in [0.4, 0.5) is 23.7 Å². The highest BCUT2D eigenvalue weighted by Crippen LogP contribution is 2.23. The van der Waals surface area contributed by atoms with Crippen molar-refractivity contribution in [3.05, 3.63) is 40.1 Å². The molecule has 3 heterocycles. The van der Waals surface area contributed by atoms with E-state index in [2.05, 4.69) is 20.6 Å². The van der Waals surface area contributed by atoms with Crippen molar-refractivity contribution in [3.8, 4) is 0 Å². The van der Waals surface area contributed by atoms with Crippen molar-refractivity contribution >= 4 is 34.9 Å². The summed E-state index contributed by atoms with van der Waals surface area (Å²) in [7, 11) is 1.63. The molecule has 1 aliphatic rings. The first-order chi connectivity index (χ1) is 14.1. The average molecular weight is 445 g/mol. The molecule has 0 atom stereocenters. The van der Waals surface area contributed by atoms with E-state index in [9.17, 15) is 22.8 Å². The largest absolute Gasteiger partial charge is 0.490 e. The summed E-state index contributed by atoms with van der Waals surface area (Å²) in [6.45, 7) is 1.25. The number of thiazole rings is 1. The predicted octanol–water partition coefficient (Wildman–Crippen LogP) is 2.16. The van der Waals surface area contributed by atoms with E-state index >= 15 is 0 Å². The molecule has 162 valence electrons. The topological polar surface area (TPSA) is 125 Å². The van der Waals surface area contributed by atoms with Gasteiger partial charge in [-0.15, -0.1) is 11.3 Å². The van der Waals surface area contributed by atoms with Gasteiger partial charge >= 0.3 is 18.2 Å². The molecule has 0 radical (unpaired) electrons. The van der Waals surface area contributed by atoms with Gasteiger partial charge in [0, 0.05) is 44.1 Å². The van der Waals surface area contributed by atoms with Crippen molar-refractivity contribution in [1.29, 1.82) is 0 Å². The fourth-order valence-electron chi connectivity index (χ4n) is 2.44. The molecular formula is C17H18F3N5O4S. The Hall–Kier alpha value is -3.22. The standard InChI is InChI=1S/C15H17N5O2S.C2HF3O2/c1-16-15(22)20-7-4-11-12(5-8-20)23-14(19-11)13(21)18-10-3-2-6-17-9-10;3-2(4,5)1(6)7/h2-3,6,9H,4-5,7-8H2,1H3,(H,16,22)(H,18,21);(H,6,7). The predicted molar refractivity (Wildman–Crippen MR) is 101 cm³/mol. The number of carboxylic acid groups (broad SMARTS) is 1. The molecule has 0 saturated heterocycles. The Bertz CT molecular complexity index is 879. The smallest absolute Gasteiger partial charge is 0.475 e. The number of carbonyl (C=O) groups is 3. The second kappa shape index (κ2) is 10.0. The highest BCUT2D eigenvalue weighted by molar-refractivity contribution is 7.13. The summed E-state index contributed by atoms with van der Waals surface area (Å²) >= 11 is 1.40. The van der Waals surface area contributed by atoms with Crippen LogP contribution >= 0.6 is 11.3 Å². The molecule has 1 aliphatic heterocycles. The lowest BCUT2D eigenvalue weighted by Crippen LogP contribution is -2.39. The van der Waals surface area contributed by atoms with E-state index in [1.165, 1.54) is 11.3 Å². The number of alkyl halides is 3. The minimum atomic E-state index is -5.08. The molecule has 3 amide bonds. The molecule has 9 nitrogen and oxygen atoms in total. The van der Waals surface area contributed by atoms with Gasteiger partial charge in [0.1, 0.15) is 0 Å². The Balaban J connectivity index is 0.000000396. The van der Waals surface area contributed by atoms with Crippen molar-refractivity contribution in [1.82, 2.24) is 20.2 Å². The van der Waals surface area contributed by atoms with E-state index in [0.29, 0.717) is 30.2 Å². The van der Waals surface area contributed by atoms with E-state index in [1.807, 2.05) is 0 Å². The van der Waals surface area contributed by atoms with E-state index in [4.69, 9.17) is 9.90 Å². The number of hydrogen-bond acceptors (Lipinski definition) is 6. The van der Waals surface area contributed by atoms with Crippen molar-refractivity contribution in [2.24, 2.45) is 0 Å². The van der Waals surface area contributed by atoms with E-state index < -0.39 is 12.1 Å². The van der Waals surface area contributed by atoms with Gasteiger partial charge in [-0.1, -0.05) is 0 Å². The zero-order valence-electron chi connectivity index (χ0n) is 15.7. The van der Waals surface area contributed by atoms with E-state index in [0.717, 1.165) is 17.0 Å². The molecule has 0 aliphatic carbocycles. The van der Waals surface area contributed by atoms with Crippen LogP contribution in [0.1, 0.15) is 20.4 Å². The lowest BCUT2D eigenvalue weighted by Gasteiger charge is -2.19. The van der Waals surface area contributed by atoms with Crippen molar-refractivity contribution in [2.45, 2.75) is 19.0 Å². The number of pyridine rings is 1. The van der Waals surface area contributed by atoms with Crippen LogP contribution in [0.5, 0.6) is 0 Å². The number of nitrogens with zero attached hydrogens (tertiary/aromatic N) is 3. The van der Waals surface area contributed by atoms with Crippen LogP contribution in [0.15, 0.2) is 24.5 Å². The quantitative estimate of drug-likeness (QED) is 0.651. The number of hydrogen-bond donors (Lipinski definition) is 3. The minimum Gasteiger partial charge on any atom is -0.475 e. The van der Waals surface area contributed by atoms with Crippen LogP contribution in [0.3, 0.4) is 0 Å². The monoisotopic (exact) mass is 445 g/mol. The maximum absolute atomic E-state index is 12.3. The molecule has 0 saturated carbocycles. The van der Waals surface area contributed by atoms with Crippen LogP contribution in [0, 0.1) is 0 Å². The van der Waals surface area contributed by atoms with Crippen LogP contribution in [-0.4, -0.2) is 64.2 Å². The Morgan fingerprint density at radius 1 is 1.23 bits per heavy atom. The van der Waals surface area contributed by atoms with Gasteiger partial charge in [-0.05, 0) is 12.1 Å². The van der Waals surface area contributed by atoms with Gasteiger partial charge in [0.05, 0.1) is 17.6 Å². The van der Waals surface area contributed by atoms with Gasteiger partial charge in [-0.2, -0.15) is 13.2 Å². The number of aliphatic carboxylic acids is 1. The van der Waals surface area contributed by atoms with E-state index in [1.54, 1.807) is 36.5 Å². The Morgan fingerprint density at radius 3 is 2.47 bits per heavy atom. The summed E-state index contributed by atoms with van der Waals surface area (Å²) in [6, 6.07) is 3.47. The summed E-state index contributed by atoms with van der Waals surface area (Å²) in [6.07, 6.45) is -0.447. The average Bonchev–Trinajstić information content (AvgIpc) is 3.01. The highest BCUT2D eigenvalue weighted by atomic mass is 32.1. The van der Waals surface area contributed by atoms with Crippen molar-refractivity contribution in [3.63, 3.8) is 0 Å². The van der Waals surface area contributed by atoms with Crippen molar-refractivity contribution < 1.29 is 32.7 Å². The maximum atomic E-state index is 12.3. The summed E-state index contributed by atoms with van der Waals surface area (Å²) in [5.41, 5.74) is 1.56. The highest BCUT2D eigenvalue weighted by Gasteiger charge is 2.38. The van der Waals surface area contributed by atoms with Crippen LogP contribution < -0.4 is 10.6 Å². The molecule has 0 fully saturated rings. The lowest BCUT2D eigenvalue weighted by molar-refractivity contribution is -0.192. The third-order valence-corrected chi connectivity index (χ3v) is 5.02. The van der Waals surface area contributed by atoms with Gasteiger partial charge in [0.2, 0.25) is 0 Å². The van der Waals surface area contributed by atoms with Crippen molar-refractivity contribution in [2.75, 3.05) is 25.5 Å². The Morgan fingerprint density at radius 2 is 1.90 bits per heavy atom. The molecule has 30 heavy (non-hydrogen) atoms. The second-order valence-electron chi connectivity index (χ2n) is 5.93. The fourth-order valence-corrected chi connectivity index (χ4v) is 3.43. The van der Waals surface area contributed by atoms with Gasteiger partial charge < -0.3 is 20.6 Å². The molecule has 2 aromatic heterocycles. The molecule has 0 bridgehead atoms. The number of rotatable bonds is 2. The molecule has 0 aromatic carbocycles. The molecular weight excluding hydrogens is 427 g/mol. The zero-order valence-corrected chi connectivity index (χ0v) is 16.5. The van der Waals surface area contributed by atoms with Gasteiger partial charge in [-0.25, -0.2) is 14.6 Å². The second-order valence-corrected chi connectivity index (χ2v) is 7.01. The number of nitrogens with one attached hydrogen (secondary N) is 2. The number of fused-ring (bicyclic) bond motifs is 1. The SMILES string of the molecule is CNC(=O)N1CCc2nc(C(=O)Nc3cccnc3)sc2CC1.O=C(O)C(F)(F)F. The third-order valence-electron chi connectivity index (χ3n) is 3.86. The Kier molecular flexibility index (Phi) is 7.69. The first-order valence-corrected chi connectivity index (χ1v) is 9.40. The zero-order chi connectivity index (χ0) is 22.3. The number of amides is 3. The normalized spacial score (nSPS) is 13.3. The van der Waals surface area contributed by atoms with Gasteiger partial charge in [0.25, 0.3) is 5.91 Å². The third kappa shape index (κ3) is 6.40. The van der Waals surface area contributed by atoms with Crippen LogP contribution in [0.2, 0.25) is 0 Å². The molecule has 3 N–H and O–H groups in total. The first kappa shape index (κ1) is 23.1. The van der Waals surface area contributed by atoms with Crippen LogP contribution in [0.25, 0.3) is 0 Å². The Labute approximate surface area is 172 Å². The number of carbonyl (C=O) groups excluding carboxylic acids is 2. The van der Waals surface area contributed by atoms with Gasteiger partial charge in [-0.3, -0.25) is 9.78 Å². The molecule has 2 aromatic rings. The number of anilines is 1. The number of aromatic nitrogens is 2. The fraction of sp³-hybridized carbons (Fsp3) is 0.353. The number of urea groups is 1. The van der Waals surface area contributed by atoms with E-state index in [-0.39, 0.29) is 11.9 Å². The maximum Gasteiger partial charge on any atom is 0.490 e. The number of halogens is 3. The summed E-state index contributed by atoms with van der Waals surface area (Å²) in [5.74, 6) is -2.98. The lowest BCUT2D eigenvalue weighted by atomic mass is 10.2. The molecule has 3 rings (SSSR count). The molecule has 0 spiro atoms. The summed E-state index contributed by atoms with van der Waals surface area (Å²) < 4.78 is 31.7. The molecule has 0 unspecified atom stereocenters. The van der Waals surface area contributed by atoms with Gasteiger partial charge in [0.15, 0.2) is 5.01 Å². The minimum absolute atomic E-state index is 0.0744. The van der Waals surface area contributed by atoms with Crippen LogP contribution in [-0.2, 0) is 17.6 Å². The first-order valence-electron chi connectivity index (χ1n) is 8.58. The summed E-state index contributed by atoms with van der Waals surface area (Å²) in [5, 5.41) is 13.0. The summed E-state index contributed by atoms with van der Waals surface area (Å²) in [4.78, 5) is 44.1. The molecule has 13 heteroatoms. The number of carboxylic acids is 1.